The van der Waals surface area contributed by atoms with Gasteiger partial charge in [0.2, 0.25) is 0 Å². The summed E-state index contributed by atoms with van der Waals surface area (Å²) < 4.78 is 32.8. The first kappa shape index (κ1) is 15.3. The van der Waals surface area contributed by atoms with Crippen molar-refractivity contribution in [1.82, 2.24) is 24.4 Å². The molecule has 2 aromatic rings. The summed E-state index contributed by atoms with van der Waals surface area (Å²) in [5.74, 6) is 0. The molecule has 22 heavy (non-hydrogen) atoms. The predicted octanol–water partition coefficient (Wildman–Crippen LogP) is -0.0910. The summed E-state index contributed by atoms with van der Waals surface area (Å²) >= 11 is 0. The summed E-state index contributed by atoms with van der Waals surface area (Å²) in [4.78, 5) is 6.04. The number of H-pyrrole nitrogens is 1. The first-order chi connectivity index (χ1) is 10.5. The number of aromatic nitrogens is 3. The van der Waals surface area contributed by atoms with Crippen LogP contribution in [0, 0.1) is 0 Å². The highest BCUT2D eigenvalue weighted by molar-refractivity contribution is 7.89. The highest BCUT2D eigenvalue weighted by Crippen LogP contribution is 2.23. The minimum absolute atomic E-state index is 0.0982. The smallest absolute Gasteiger partial charge is 0.260 e. The second-order valence-corrected chi connectivity index (χ2v) is 7.42. The molecule has 0 radical (unpaired) electrons. The van der Waals surface area contributed by atoms with Crippen LogP contribution in [0.1, 0.15) is 0 Å². The number of likely N-dealkylation sites (N-methyl/N-ethyl adjacent to an activating group) is 1. The van der Waals surface area contributed by atoms with Gasteiger partial charge >= 0.3 is 0 Å². The number of hydrogen-bond acceptors (Lipinski definition) is 6. The Hall–Kier alpha value is -1.55. The zero-order chi connectivity index (χ0) is 15.7. The second kappa shape index (κ2) is 5.92. The molecular formula is C13H19N5O3S. The first-order valence-corrected chi connectivity index (χ1v) is 8.48. The normalized spacial score (nSPS) is 20.8. The Morgan fingerprint density at radius 1 is 1.50 bits per heavy atom. The fraction of sp³-hybridized carbons (Fsp3) is 0.538. The molecule has 9 heteroatoms. The van der Waals surface area contributed by atoms with E-state index in [0.29, 0.717) is 37.3 Å². The molecule has 1 fully saturated rings. The molecule has 3 heterocycles. The van der Waals surface area contributed by atoms with E-state index >= 15 is 0 Å². The minimum atomic E-state index is -3.64. The van der Waals surface area contributed by atoms with Gasteiger partial charge in [-0.15, -0.1) is 0 Å². The molecular weight excluding hydrogens is 306 g/mol. The predicted molar refractivity (Wildman–Crippen MR) is 80.9 cm³/mol. The third-order valence-corrected chi connectivity index (χ3v) is 5.40. The zero-order valence-electron chi connectivity index (χ0n) is 12.6. The van der Waals surface area contributed by atoms with Gasteiger partial charge in [0, 0.05) is 25.8 Å². The number of ether oxygens (including phenoxy) is 1. The number of morpholine rings is 1. The van der Waals surface area contributed by atoms with E-state index in [4.69, 9.17) is 4.74 Å². The Labute approximate surface area is 129 Å². The number of pyridine rings is 1. The highest BCUT2D eigenvalue weighted by atomic mass is 32.2. The van der Waals surface area contributed by atoms with E-state index in [-0.39, 0.29) is 11.1 Å². The van der Waals surface area contributed by atoms with Crippen molar-refractivity contribution in [2.24, 2.45) is 0 Å². The fourth-order valence-corrected chi connectivity index (χ4v) is 4.12. The second-order valence-electron chi connectivity index (χ2n) is 5.55. The van der Waals surface area contributed by atoms with Crippen molar-refractivity contribution in [2.45, 2.75) is 11.1 Å². The van der Waals surface area contributed by atoms with Gasteiger partial charge in [-0.05, 0) is 26.2 Å². The van der Waals surface area contributed by atoms with Crippen molar-refractivity contribution in [3.8, 4) is 0 Å². The molecule has 1 unspecified atom stereocenters. The molecule has 1 aliphatic heterocycles. The van der Waals surface area contributed by atoms with Gasteiger partial charge in [-0.1, -0.05) is 0 Å². The van der Waals surface area contributed by atoms with Crippen LogP contribution in [-0.4, -0.2) is 79.2 Å². The molecule has 0 bridgehead atoms. The van der Waals surface area contributed by atoms with Crippen molar-refractivity contribution >= 4 is 21.1 Å². The Morgan fingerprint density at radius 3 is 3.09 bits per heavy atom. The molecule has 0 spiro atoms. The van der Waals surface area contributed by atoms with Gasteiger partial charge in [0.25, 0.3) is 10.0 Å². The van der Waals surface area contributed by atoms with Gasteiger partial charge in [-0.25, -0.2) is 13.4 Å². The molecule has 0 saturated carbocycles. The molecule has 1 N–H and O–H groups in total. The topological polar surface area (TPSA) is 91.4 Å². The number of aromatic amines is 1. The maximum atomic E-state index is 12.9. The summed E-state index contributed by atoms with van der Waals surface area (Å²) in [7, 11) is 0.234. The van der Waals surface area contributed by atoms with Crippen LogP contribution in [0.2, 0.25) is 0 Å². The SMILES string of the molecule is CN(C)CC1CN(S(=O)(=O)c2[nH]nc3ncccc23)CCO1. The van der Waals surface area contributed by atoms with E-state index < -0.39 is 10.0 Å². The van der Waals surface area contributed by atoms with Gasteiger partial charge in [0.15, 0.2) is 10.7 Å². The van der Waals surface area contributed by atoms with Crippen LogP contribution in [0.5, 0.6) is 0 Å². The number of rotatable bonds is 4. The quantitative estimate of drug-likeness (QED) is 0.845. The van der Waals surface area contributed by atoms with E-state index in [1.54, 1.807) is 18.3 Å². The Kier molecular flexibility index (Phi) is 4.13. The third kappa shape index (κ3) is 2.84. The van der Waals surface area contributed by atoms with Gasteiger partial charge < -0.3 is 9.64 Å². The first-order valence-electron chi connectivity index (χ1n) is 7.04. The van der Waals surface area contributed by atoms with E-state index in [0.717, 1.165) is 0 Å². The van der Waals surface area contributed by atoms with Crippen molar-refractivity contribution < 1.29 is 13.2 Å². The van der Waals surface area contributed by atoms with Crippen LogP contribution < -0.4 is 0 Å². The minimum Gasteiger partial charge on any atom is -0.374 e. The lowest BCUT2D eigenvalue weighted by molar-refractivity contribution is -0.0132. The molecule has 1 saturated heterocycles. The average Bonchev–Trinajstić information content (AvgIpc) is 2.91. The average molecular weight is 325 g/mol. The van der Waals surface area contributed by atoms with Crippen molar-refractivity contribution in [2.75, 3.05) is 40.3 Å². The maximum absolute atomic E-state index is 12.9. The molecule has 3 rings (SSSR count). The van der Waals surface area contributed by atoms with E-state index in [1.807, 2.05) is 19.0 Å². The highest BCUT2D eigenvalue weighted by Gasteiger charge is 2.33. The standard InChI is InChI=1S/C13H19N5O3S/c1-17(2)8-10-9-18(6-7-21-10)22(19,20)13-11-4-3-5-14-12(11)15-16-13/h3-5,10H,6-9H2,1-2H3,(H,14,15,16). The van der Waals surface area contributed by atoms with Crippen molar-refractivity contribution in [3.63, 3.8) is 0 Å². The lowest BCUT2D eigenvalue weighted by Crippen LogP contribution is -2.48. The van der Waals surface area contributed by atoms with Gasteiger partial charge in [-0.3, -0.25) is 5.10 Å². The van der Waals surface area contributed by atoms with Gasteiger partial charge in [0.1, 0.15) is 0 Å². The maximum Gasteiger partial charge on any atom is 0.260 e. The number of nitrogens with zero attached hydrogens (tertiary/aromatic N) is 4. The van der Waals surface area contributed by atoms with Crippen LogP contribution >= 0.6 is 0 Å². The molecule has 120 valence electrons. The number of nitrogens with one attached hydrogen (secondary N) is 1. The van der Waals surface area contributed by atoms with Gasteiger partial charge in [0.05, 0.1) is 18.1 Å². The summed E-state index contributed by atoms with van der Waals surface area (Å²) in [5.41, 5.74) is 0.402. The lowest BCUT2D eigenvalue weighted by atomic mass is 10.3. The fourth-order valence-electron chi connectivity index (χ4n) is 2.58. The molecule has 1 aliphatic rings. The van der Waals surface area contributed by atoms with Crippen molar-refractivity contribution in [3.05, 3.63) is 18.3 Å². The molecule has 8 nitrogen and oxygen atoms in total. The molecule has 0 aromatic carbocycles. The van der Waals surface area contributed by atoms with Crippen LogP contribution in [-0.2, 0) is 14.8 Å². The summed E-state index contributed by atoms with van der Waals surface area (Å²) in [6.07, 6.45) is 1.45. The van der Waals surface area contributed by atoms with Gasteiger partial charge in [-0.2, -0.15) is 9.40 Å². The Balaban J connectivity index is 1.89. The molecule has 0 amide bonds. The Morgan fingerprint density at radius 2 is 2.32 bits per heavy atom. The number of hydrogen-bond donors (Lipinski definition) is 1. The third-order valence-electron chi connectivity index (χ3n) is 3.56. The number of sulfonamides is 1. The van der Waals surface area contributed by atoms with Crippen LogP contribution in [0.4, 0.5) is 0 Å². The monoisotopic (exact) mass is 325 g/mol. The van der Waals surface area contributed by atoms with E-state index in [9.17, 15) is 8.42 Å². The summed E-state index contributed by atoms with van der Waals surface area (Å²) in [6.45, 7) is 1.74. The van der Waals surface area contributed by atoms with E-state index in [1.165, 1.54) is 4.31 Å². The van der Waals surface area contributed by atoms with Crippen LogP contribution in [0.25, 0.3) is 11.0 Å². The lowest BCUT2D eigenvalue weighted by Gasteiger charge is -2.33. The zero-order valence-corrected chi connectivity index (χ0v) is 13.4. The molecule has 0 aliphatic carbocycles. The largest absolute Gasteiger partial charge is 0.374 e. The van der Waals surface area contributed by atoms with Crippen LogP contribution in [0.3, 0.4) is 0 Å². The van der Waals surface area contributed by atoms with Crippen LogP contribution in [0.15, 0.2) is 23.4 Å². The molecule has 2 aromatic heterocycles. The van der Waals surface area contributed by atoms with E-state index in [2.05, 4.69) is 15.2 Å². The van der Waals surface area contributed by atoms with Crippen molar-refractivity contribution in [1.29, 1.82) is 0 Å². The molecule has 1 atom stereocenters. The Bertz CT molecular complexity index is 758. The number of fused-ring (bicyclic) bond motifs is 1. The summed E-state index contributed by atoms with van der Waals surface area (Å²) in [6, 6.07) is 3.40. The summed E-state index contributed by atoms with van der Waals surface area (Å²) in [5, 5.41) is 7.19.